The van der Waals surface area contributed by atoms with Gasteiger partial charge in [0.05, 0.1) is 6.20 Å². The third-order valence-electron chi connectivity index (χ3n) is 4.35. The predicted molar refractivity (Wildman–Crippen MR) is 105 cm³/mol. The third kappa shape index (κ3) is 4.69. The molecular weight excluding hydrogens is 362 g/mol. The van der Waals surface area contributed by atoms with Crippen molar-refractivity contribution in [1.29, 1.82) is 0 Å². The second-order valence-corrected chi connectivity index (χ2v) is 6.42. The van der Waals surface area contributed by atoms with E-state index in [0.29, 0.717) is 11.1 Å². The Labute approximate surface area is 162 Å². The van der Waals surface area contributed by atoms with Gasteiger partial charge < -0.3 is 20.5 Å². The molecule has 148 valence electrons. The summed E-state index contributed by atoms with van der Waals surface area (Å²) in [4.78, 5) is 24.7. The maximum absolute atomic E-state index is 12.5. The van der Waals surface area contributed by atoms with Crippen molar-refractivity contribution in [1.82, 2.24) is 4.73 Å². The van der Waals surface area contributed by atoms with Crippen LogP contribution >= 0.6 is 0 Å². The molecule has 0 saturated carbocycles. The summed E-state index contributed by atoms with van der Waals surface area (Å²) in [7, 11) is 0. The Morgan fingerprint density at radius 2 is 1.82 bits per heavy atom. The van der Waals surface area contributed by atoms with Crippen LogP contribution in [0.2, 0.25) is 0 Å². The normalized spacial score (nSPS) is 13.0. The Morgan fingerprint density at radius 3 is 2.39 bits per heavy atom. The maximum atomic E-state index is 12.5. The van der Waals surface area contributed by atoms with Crippen molar-refractivity contribution in [3.05, 3.63) is 70.2 Å². The van der Waals surface area contributed by atoms with Crippen LogP contribution in [0.25, 0.3) is 11.1 Å². The molecule has 2 rings (SSSR count). The minimum absolute atomic E-state index is 0.00955. The van der Waals surface area contributed by atoms with Crippen molar-refractivity contribution in [2.45, 2.75) is 20.3 Å². The lowest BCUT2D eigenvalue weighted by Gasteiger charge is -2.10. The Bertz CT molecular complexity index is 966. The first-order valence-electron chi connectivity index (χ1n) is 8.77. The number of benzene rings is 1. The highest BCUT2D eigenvalue weighted by Crippen LogP contribution is 2.31. The number of aromatic hydroxyl groups is 2. The van der Waals surface area contributed by atoms with Gasteiger partial charge in [-0.3, -0.25) is 9.59 Å². The highest BCUT2D eigenvalue weighted by molar-refractivity contribution is 6.07. The van der Waals surface area contributed by atoms with Gasteiger partial charge in [0.1, 0.15) is 17.1 Å². The van der Waals surface area contributed by atoms with Crippen molar-refractivity contribution < 1.29 is 25.3 Å². The van der Waals surface area contributed by atoms with E-state index in [-0.39, 0.29) is 28.6 Å². The highest BCUT2D eigenvalue weighted by Gasteiger charge is 2.21. The molecule has 1 aromatic heterocycles. The Balaban J connectivity index is 2.45. The van der Waals surface area contributed by atoms with Crippen molar-refractivity contribution in [3.8, 4) is 22.6 Å². The molecule has 7 heteroatoms. The minimum atomic E-state index is -1.04. The van der Waals surface area contributed by atoms with Crippen LogP contribution in [0.15, 0.2) is 59.1 Å². The summed E-state index contributed by atoms with van der Waals surface area (Å²) < 4.78 is 0.241. The van der Waals surface area contributed by atoms with E-state index in [2.05, 4.69) is 0 Å². The quantitative estimate of drug-likeness (QED) is 0.252. The topological polar surface area (TPSA) is 120 Å². The van der Waals surface area contributed by atoms with E-state index in [0.717, 1.165) is 18.7 Å². The fraction of sp³-hybridized carbons (Fsp3) is 0.238. The monoisotopic (exact) mass is 385 g/mol. The second kappa shape index (κ2) is 9.05. The van der Waals surface area contributed by atoms with Crippen LogP contribution in [-0.2, 0) is 0 Å². The van der Waals surface area contributed by atoms with Crippen molar-refractivity contribution in [2.75, 3.05) is 6.61 Å². The Hall–Kier alpha value is -3.32. The zero-order valence-electron chi connectivity index (χ0n) is 15.7. The van der Waals surface area contributed by atoms with E-state index in [1.807, 2.05) is 6.92 Å². The van der Waals surface area contributed by atoms with E-state index in [1.165, 1.54) is 30.3 Å². The number of phenols is 1. The standard InChI is InChI=1S/C21H23NO6/c1-3-14(12-23)10-13(2)4-9-18(25)19-20(26)17(11-22(28)21(19)27)15-5-7-16(24)8-6-15/h4-11,14,23-24,26,28H,3,12H2,1-2H3/b9-4+,13-10+. The van der Waals surface area contributed by atoms with Gasteiger partial charge in [0.25, 0.3) is 5.56 Å². The van der Waals surface area contributed by atoms with Crippen LogP contribution in [0, 0.1) is 5.92 Å². The second-order valence-electron chi connectivity index (χ2n) is 6.42. The molecule has 0 aliphatic heterocycles. The van der Waals surface area contributed by atoms with Crippen LogP contribution < -0.4 is 5.56 Å². The zero-order valence-corrected chi connectivity index (χ0v) is 15.7. The van der Waals surface area contributed by atoms with Crippen LogP contribution in [0.4, 0.5) is 0 Å². The molecule has 0 aliphatic rings. The molecule has 0 spiro atoms. The average molecular weight is 385 g/mol. The summed E-state index contributed by atoms with van der Waals surface area (Å²) in [5, 5.41) is 39.0. The number of ketones is 1. The first-order valence-corrected chi connectivity index (χ1v) is 8.77. The number of carbonyl (C=O) groups is 1. The van der Waals surface area contributed by atoms with Crippen LogP contribution in [0.3, 0.4) is 0 Å². The number of phenolic OH excluding ortho intramolecular Hbond substituents is 1. The lowest BCUT2D eigenvalue weighted by Crippen LogP contribution is -2.24. The largest absolute Gasteiger partial charge is 0.508 e. The van der Waals surface area contributed by atoms with Gasteiger partial charge in [0.15, 0.2) is 5.78 Å². The van der Waals surface area contributed by atoms with E-state index in [4.69, 9.17) is 0 Å². The van der Waals surface area contributed by atoms with E-state index in [9.17, 15) is 30.1 Å². The first kappa shape index (κ1) is 21.0. The van der Waals surface area contributed by atoms with Gasteiger partial charge in [-0.2, -0.15) is 4.73 Å². The first-order chi connectivity index (χ1) is 13.3. The molecule has 0 aliphatic carbocycles. The summed E-state index contributed by atoms with van der Waals surface area (Å²) >= 11 is 0. The number of aromatic nitrogens is 1. The fourth-order valence-corrected chi connectivity index (χ4v) is 2.68. The van der Waals surface area contributed by atoms with Gasteiger partial charge in [-0.25, -0.2) is 0 Å². The summed E-state index contributed by atoms with van der Waals surface area (Å²) in [6, 6.07) is 5.71. The molecule has 0 saturated heterocycles. The summed E-state index contributed by atoms with van der Waals surface area (Å²) in [6.07, 6.45) is 6.16. The van der Waals surface area contributed by atoms with Gasteiger partial charge in [0.2, 0.25) is 0 Å². The molecule has 7 nitrogen and oxygen atoms in total. The maximum Gasteiger partial charge on any atom is 0.297 e. The SMILES string of the molecule is CCC(/C=C(C)/C=C/C(=O)c1c(O)c(-c2ccc(O)cc2)cn(O)c1=O)CO. The molecule has 0 bridgehead atoms. The molecule has 28 heavy (non-hydrogen) atoms. The molecule has 4 N–H and O–H groups in total. The lowest BCUT2D eigenvalue weighted by atomic mass is 10.0. The van der Waals surface area contributed by atoms with E-state index >= 15 is 0 Å². The predicted octanol–water partition coefficient (Wildman–Crippen LogP) is 2.87. The minimum Gasteiger partial charge on any atom is -0.508 e. The fourth-order valence-electron chi connectivity index (χ4n) is 2.68. The molecular formula is C21H23NO6. The van der Waals surface area contributed by atoms with Crippen LogP contribution in [0.5, 0.6) is 11.5 Å². The van der Waals surface area contributed by atoms with Gasteiger partial charge in [0, 0.05) is 18.1 Å². The van der Waals surface area contributed by atoms with Crippen molar-refractivity contribution in [2.24, 2.45) is 5.92 Å². The molecule has 1 heterocycles. The number of allylic oxidation sites excluding steroid dienone is 3. The number of pyridine rings is 1. The van der Waals surface area contributed by atoms with Gasteiger partial charge >= 0.3 is 0 Å². The van der Waals surface area contributed by atoms with E-state index < -0.39 is 22.7 Å². The summed E-state index contributed by atoms with van der Waals surface area (Å²) in [6.45, 7) is 3.66. The molecule has 1 aromatic carbocycles. The third-order valence-corrected chi connectivity index (χ3v) is 4.35. The van der Waals surface area contributed by atoms with Crippen LogP contribution in [0.1, 0.15) is 30.6 Å². The molecule has 0 radical (unpaired) electrons. The number of nitrogens with zero attached hydrogens (tertiary/aromatic N) is 1. The summed E-state index contributed by atoms with van der Waals surface area (Å²) in [5.41, 5.74) is -0.421. The molecule has 1 unspecified atom stereocenters. The number of rotatable bonds is 7. The highest BCUT2D eigenvalue weighted by atomic mass is 16.5. The molecule has 2 aromatic rings. The molecule has 0 fully saturated rings. The average Bonchev–Trinajstić information content (AvgIpc) is 2.68. The lowest BCUT2D eigenvalue weighted by molar-refractivity contribution is 0.103. The molecule has 1 atom stereocenters. The van der Waals surface area contributed by atoms with Gasteiger partial charge in [-0.05, 0) is 37.1 Å². The Morgan fingerprint density at radius 1 is 1.18 bits per heavy atom. The Kier molecular flexibility index (Phi) is 6.79. The van der Waals surface area contributed by atoms with Crippen LogP contribution in [-0.4, -0.2) is 37.6 Å². The molecule has 0 amide bonds. The smallest absolute Gasteiger partial charge is 0.297 e. The number of hydrogen-bond acceptors (Lipinski definition) is 6. The summed E-state index contributed by atoms with van der Waals surface area (Å²) in [5.74, 6) is -1.36. The van der Waals surface area contributed by atoms with Gasteiger partial charge in [-0.1, -0.05) is 36.8 Å². The zero-order chi connectivity index (χ0) is 20.8. The number of aliphatic hydroxyl groups is 1. The number of aliphatic hydroxyl groups excluding tert-OH is 1. The number of hydrogen-bond donors (Lipinski definition) is 4. The van der Waals surface area contributed by atoms with Gasteiger partial charge in [-0.15, -0.1) is 0 Å². The van der Waals surface area contributed by atoms with E-state index in [1.54, 1.807) is 13.0 Å². The number of carbonyl (C=O) groups excluding carboxylic acids is 1. The van der Waals surface area contributed by atoms with Crippen molar-refractivity contribution >= 4 is 5.78 Å². The van der Waals surface area contributed by atoms with Crippen molar-refractivity contribution in [3.63, 3.8) is 0 Å².